The molecular formula is C17H16N2O6S. The third kappa shape index (κ3) is 4.12. The van der Waals surface area contributed by atoms with E-state index in [2.05, 4.69) is 10.6 Å². The molecule has 2 aromatic rings. The Hall–Kier alpha value is -3.07. The molecule has 26 heavy (non-hydrogen) atoms. The summed E-state index contributed by atoms with van der Waals surface area (Å²) in [7, 11) is -3.42. The Bertz CT molecular complexity index is 971. The van der Waals surface area contributed by atoms with Crippen LogP contribution in [0, 0.1) is 0 Å². The molecule has 2 N–H and O–H groups in total. The second kappa shape index (κ2) is 7.04. The first-order chi connectivity index (χ1) is 12.3. The van der Waals surface area contributed by atoms with E-state index in [1.54, 1.807) is 18.2 Å². The minimum Gasteiger partial charge on any atom is -0.454 e. The summed E-state index contributed by atoms with van der Waals surface area (Å²) in [4.78, 5) is 24.1. The Labute approximate surface area is 150 Å². The molecule has 0 bridgehead atoms. The van der Waals surface area contributed by atoms with Gasteiger partial charge in [0.05, 0.1) is 11.4 Å². The number of carbonyl (C=O) groups excluding carboxylic acids is 2. The van der Waals surface area contributed by atoms with Crippen molar-refractivity contribution in [2.45, 2.75) is 4.90 Å². The highest BCUT2D eigenvalue weighted by Gasteiger charge is 2.15. The van der Waals surface area contributed by atoms with Gasteiger partial charge in [0.15, 0.2) is 21.3 Å². The van der Waals surface area contributed by atoms with Gasteiger partial charge in [0.1, 0.15) is 0 Å². The molecular weight excluding hydrogens is 360 g/mol. The van der Waals surface area contributed by atoms with Crippen molar-refractivity contribution in [3.63, 3.8) is 0 Å². The highest BCUT2D eigenvalue weighted by Crippen LogP contribution is 2.34. The number of fused-ring (bicyclic) bond motifs is 1. The molecule has 0 atom stereocenters. The number of hydrogen-bond donors (Lipinski definition) is 2. The average molecular weight is 376 g/mol. The third-order valence-corrected chi connectivity index (χ3v) is 4.70. The molecule has 0 unspecified atom stereocenters. The van der Waals surface area contributed by atoms with Crippen molar-refractivity contribution in [1.29, 1.82) is 0 Å². The summed E-state index contributed by atoms with van der Waals surface area (Å²) < 4.78 is 33.5. The number of rotatable bonds is 5. The fourth-order valence-corrected chi connectivity index (χ4v) is 2.98. The highest BCUT2D eigenvalue weighted by molar-refractivity contribution is 7.90. The van der Waals surface area contributed by atoms with Crippen LogP contribution < -0.4 is 20.1 Å². The topological polar surface area (TPSA) is 111 Å². The van der Waals surface area contributed by atoms with Crippen molar-refractivity contribution < 1.29 is 27.5 Å². The Morgan fingerprint density at radius 1 is 1.08 bits per heavy atom. The monoisotopic (exact) mass is 376 g/mol. The van der Waals surface area contributed by atoms with E-state index in [1.807, 2.05) is 0 Å². The summed E-state index contributed by atoms with van der Waals surface area (Å²) in [5, 5.41) is 5.08. The van der Waals surface area contributed by atoms with E-state index in [9.17, 15) is 18.0 Å². The van der Waals surface area contributed by atoms with Gasteiger partial charge in [-0.05, 0) is 30.3 Å². The number of benzene rings is 2. The van der Waals surface area contributed by atoms with E-state index in [4.69, 9.17) is 9.47 Å². The van der Waals surface area contributed by atoms with Crippen LogP contribution in [0.15, 0.2) is 47.4 Å². The van der Waals surface area contributed by atoms with Gasteiger partial charge in [-0.15, -0.1) is 0 Å². The summed E-state index contributed by atoms with van der Waals surface area (Å²) in [6, 6.07) is 10.6. The lowest BCUT2D eigenvalue weighted by molar-refractivity contribution is -0.115. The van der Waals surface area contributed by atoms with Gasteiger partial charge >= 0.3 is 0 Å². The predicted molar refractivity (Wildman–Crippen MR) is 93.1 cm³/mol. The molecule has 0 fully saturated rings. The molecule has 3 rings (SSSR count). The van der Waals surface area contributed by atoms with Gasteiger partial charge in [0.25, 0.3) is 5.91 Å². The number of anilines is 1. The predicted octanol–water partition coefficient (Wildman–Crippen LogP) is 1.19. The summed E-state index contributed by atoms with van der Waals surface area (Å²) >= 11 is 0. The van der Waals surface area contributed by atoms with Crippen LogP contribution >= 0.6 is 0 Å². The van der Waals surface area contributed by atoms with Crippen molar-refractivity contribution >= 4 is 27.3 Å². The molecule has 0 saturated heterocycles. The minimum atomic E-state index is -3.42. The molecule has 0 radical (unpaired) electrons. The molecule has 8 nitrogen and oxygen atoms in total. The average Bonchev–Trinajstić information content (AvgIpc) is 3.07. The SMILES string of the molecule is CS(=O)(=O)c1cccc(C(=O)NCC(=O)Nc2ccc3c(c2)OCO3)c1. The summed E-state index contributed by atoms with van der Waals surface area (Å²) in [6.45, 7) is -0.133. The second-order valence-electron chi connectivity index (χ2n) is 5.60. The van der Waals surface area contributed by atoms with Gasteiger partial charge in [-0.3, -0.25) is 9.59 Å². The van der Waals surface area contributed by atoms with Crippen LogP contribution in [0.2, 0.25) is 0 Å². The van der Waals surface area contributed by atoms with Crippen LogP contribution in [0.1, 0.15) is 10.4 Å². The van der Waals surface area contributed by atoms with Crippen molar-refractivity contribution in [3.05, 3.63) is 48.0 Å². The van der Waals surface area contributed by atoms with Crippen molar-refractivity contribution in [3.8, 4) is 11.5 Å². The molecule has 0 spiro atoms. The number of nitrogens with one attached hydrogen (secondary N) is 2. The summed E-state index contributed by atoms with van der Waals surface area (Å²) in [6.07, 6.45) is 1.06. The van der Waals surface area contributed by atoms with Gasteiger partial charge in [-0.1, -0.05) is 6.07 Å². The summed E-state index contributed by atoms with van der Waals surface area (Å²) in [5.74, 6) is 0.152. The van der Waals surface area contributed by atoms with Crippen LogP contribution in [-0.2, 0) is 14.6 Å². The molecule has 1 aliphatic rings. The van der Waals surface area contributed by atoms with E-state index in [0.29, 0.717) is 17.2 Å². The van der Waals surface area contributed by atoms with Crippen LogP contribution in [0.4, 0.5) is 5.69 Å². The molecule has 2 amide bonds. The van der Waals surface area contributed by atoms with E-state index < -0.39 is 21.7 Å². The van der Waals surface area contributed by atoms with Gasteiger partial charge in [0.2, 0.25) is 12.7 Å². The molecule has 1 aliphatic heterocycles. The van der Waals surface area contributed by atoms with Crippen molar-refractivity contribution in [1.82, 2.24) is 5.32 Å². The third-order valence-electron chi connectivity index (χ3n) is 3.59. The maximum Gasteiger partial charge on any atom is 0.251 e. The number of amides is 2. The fraction of sp³-hybridized carbons (Fsp3) is 0.176. The van der Waals surface area contributed by atoms with Gasteiger partial charge < -0.3 is 20.1 Å². The molecule has 9 heteroatoms. The van der Waals surface area contributed by atoms with E-state index in [0.717, 1.165) is 6.26 Å². The zero-order valence-corrected chi connectivity index (χ0v) is 14.6. The van der Waals surface area contributed by atoms with Gasteiger partial charge in [0, 0.05) is 23.6 Å². The molecule has 0 saturated carbocycles. The lowest BCUT2D eigenvalue weighted by Gasteiger charge is -2.08. The van der Waals surface area contributed by atoms with E-state index >= 15 is 0 Å². The maximum atomic E-state index is 12.1. The number of carbonyl (C=O) groups is 2. The van der Waals surface area contributed by atoms with Crippen LogP contribution in [0.5, 0.6) is 11.5 Å². The Balaban J connectivity index is 1.58. The van der Waals surface area contributed by atoms with E-state index in [-0.39, 0.29) is 23.8 Å². The standard InChI is InChI=1S/C17H16N2O6S/c1-26(22,23)13-4-2-3-11(7-13)17(21)18-9-16(20)19-12-5-6-14-15(8-12)25-10-24-14/h2-8H,9-10H2,1H3,(H,18,21)(H,19,20). The first-order valence-corrected chi connectivity index (χ1v) is 9.50. The number of ether oxygens (including phenoxy) is 2. The Morgan fingerprint density at radius 3 is 2.62 bits per heavy atom. The number of hydrogen-bond acceptors (Lipinski definition) is 6. The normalized spacial score (nSPS) is 12.5. The lowest BCUT2D eigenvalue weighted by atomic mass is 10.2. The zero-order chi connectivity index (χ0) is 18.7. The largest absolute Gasteiger partial charge is 0.454 e. The first kappa shape index (κ1) is 17.7. The Kier molecular flexibility index (Phi) is 4.81. The molecule has 2 aromatic carbocycles. The first-order valence-electron chi connectivity index (χ1n) is 7.61. The van der Waals surface area contributed by atoms with Crippen LogP contribution in [-0.4, -0.2) is 39.8 Å². The minimum absolute atomic E-state index is 0.0370. The quantitative estimate of drug-likeness (QED) is 0.811. The van der Waals surface area contributed by atoms with Gasteiger partial charge in [-0.2, -0.15) is 0 Å². The smallest absolute Gasteiger partial charge is 0.251 e. The zero-order valence-electron chi connectivity index (χ0n) is 13.8. The van der Waals surface area contributed by atoms with Crippen LogP contribution in [0.3, 0.4) is 0 Å². The van der Waals surface area contributed by atoms with Crippen LogP contribution in [0.25, 0.3) is 0 Å². The summed E-state index contributed by atoms with van der Waals surface area (Å²) in [5.41, 5.74) is 0.663. The Morgan fingerprint density at radius 2 is 1.85 bits per heavy atom. The van der Waals surface area contributed by atoms with Crippen molar-refractivity contribution in [2.24, 2.45) is 0 Å². The maximum absolute atomic E-state index is 12.1. The fourth-order valence-electron chi connectivity index (χ4n) is 2.31. The highest BCUT2D eigenvalue weighted by atomic mass is 32.2. The lowest BCUT2D eigenvalue weighted by Crippen LogP contribution is -2.32. The molecule has 1 heterocycles. The number of sulfone groups is 1. The molecule has 0 aromatic heterocycles. The second-order valence-corrected chi connectivity index (χ2v) is 7.61. The molecule has 136 valence electrons. The van der Waals surface area contributed by atoms with Crippen molar-refractivity contribution in [2.75, 3.05) is 24.9 Å². The van der Waals surface area contributed by atoms with Gasteiger partial charge in [-0.25, -0.2) is 8.42 Å². The van der Waals surface area contributed by atoms with E-state index in [1.165, 1.54) is 24.3 Å². The molecule has 0 aliphatic carbocycles.